The first-order chi connectivity index (χ1) is 12.4. The number of allylic oxidation sites excluding steroid dienone is 3. The van der Waals surface area contributed by atoms with Crippen molar-refractivity contribution in [2.24, 2.45) is 15.7 Å². The van der Waals surface area contributed by atoms with Crippen molar-refractivity contribution in [2.75, 3.05) is 0 Å². The quantitative estimate of drug-likeness (QED) is 0.506. The van der Waals surface area contributed by atoms with Gasteiger partial charge in [0.25, 0.3) is 0 Å². The Bertz CT molecular complexity index is 791. The van der Waals surface area contributed by atoms with Crippen LogP contribution in [0.2, 0.25) is 0 Å². The molecule has 0 radical (unpaired) electrons. The van der Waals surface area contributed by atoms with E-state index in [9.17, 15) is 26.3 Å². The largest absolute Gasteiger partial charge is 0.430 e. The molecule has 0 bridgehead atoms. The van der Waals surface area contributed by atoms with Crippen molar-refractivity contribution < 1.29 is 26.3 Å². The molecule has 1 aliphatic rings. The zero-order valence-electron chi connectivity index (χ0n) is 13.4. The van der Waals surface area contributed by atoms with Crippen LogP contribution in [0.15, 0.2) is 56.7 Å². The summed E-state index contributed by atoms with van der Waals surface area (Å²) < 4.78 is 76.6. The highest BCUT2D eigenvalue weighted by atomic mass is 79.9. The molecule has 2 rings (SSSR count). The number of hydrogen-bond acceptors (Lipinski definition) is 4. The van der Waals surface area contributed by atoms with E-state index in [1.54, 1.807) is 6.20 Å². The summed E-state index contributed by atoms with van der Waals surface area (Å²) in [6, 6.07) is 3.72. The Hall–Kier alpha value is -2.30. The molecule has 1 aliphatic heterocycles. The zero-order valence-corrected chi connectivity index (χ0v) is 15.0. The third-order valence-corrected chi connectivity index (χ3v) is 3.74. The van der Waals surface area contributed by atoms with Crippen LogP contribution in [0.1, 0.15) is 12.0 Å². The fourth-order valence-electron chi connectivity index (χ4n) is 2.02. The summed E-state index contributed by atoms with van der Waals surface area (Å²) >= 11 is 3.17. The predicted molar refractivity (Wildman–Crippen MR) is 93.9 cm³/mol. The smallest absolute Gasteiger partial charge is 0.395 e. The normalized spacial score (nSPS) is 18.9. The Kier molecular flexibility index (Phi) is 6.34. The predicted octanol–water partition coefficient (Wildman–Crippen LogP) is 4.81. The number of benzene rings is 1. The number of nitrogens with one attached hydrogen (secondary N) is 1. The number of nitrogens with zero attached hydrogens (tertiary/aromatic N) is 2. The first kappa shape index (κ1) is 21.0. The van der Waals surface area contributed by atoms with E-state index in [1.165, 1.54) is 6.21 Å². The molecule has 0 aliphatic carbocycles. The van der Waals surface area contributed by atoms with Gasteiger partial charge in [-0.1, -0.05) is 0 Å². The van der Waals surface area contributed by atoms with Gasteiger partial charge in [0.2, 0.25) is 0 Å². The summed E-state index contributed by atoms with van der Waals surface area (Å²) in [5.41, 5.74) is 2.75. The molecule has 0 saturated heterocycles. The highest BCUT2D eigenvalue weighted by Crippen LogP contribution is 2.30. The third-order valence-electron chi connectivity index (χ3n) is 3.31. The molecule has 146 valence electrons. The van der Waals surface area contributed by atoms with Crippen LogP contribution in [0.5, 0.6) is 0 Å². The average Bonchev–Trinajstić information content (AvgIpc) is 2.55. The minimum absolute atomic E-state index is 0.0562. The lowest BCUT2D eigenvalue weighted by Crippen LogP contribution is -2.28. The van der Waals surface area contributed by atoms with Crippen molar-refractivity contribution in [1.82, 2.24) is 5.32 Å². The maximum absolute atomic E-state index is 12.7. The minimum Gasteiger partial charge on any atom is -0.395 e. The fraction of sp³-hybridized carbons (Fsp3) is 0.250. The van der Waals surface area contributed by atoms with Gasteiger partial charge in [0.1, 0.15) is 11.9 Å². The molecule has 27 heavy (non-hydrogen) atoms. The number of hydrogen-bond donors (Lipinski definition) is 2. The first-order valence-electron chi connectivity index (χ1n) is 7.39. The Morgan fingerprint density at radius 1 is 1.19 bits per heavy atom. The topological polar surface area (TPSA) is 62.8 Å². The molecule has 0 aromatic heterocycles. The monoisotopic (exact) mass is 454 g/mol. The number of aliphatic imine (C=N–C) groups is 2. The third kappa shape index (κ3) is 6.42. The zero-order chi connectivity index (χ0) is 20.2. The molecule has 11 heteroatoms. The van der Waals surface area contributed by atoms with Crippen LogP contribution in [0.25, 0.3) is 0 Å². The lowest BCUT2D eigenvalue weighted by atomic mass is 10.1. The van der Waals surface area contributed by atoms with Crippen LogP contribution in [0.3, 0.4) is 0 Å². The van der Waals surface area contributed by atoms with Gasteiger partial charge in [-0.2, -0.15) is 26.3 Å². The maximum atomic E-state index is 12.7. The molecule has 0 fully saturated rings. The van der Waals surface area contributed by atoms with Crippen LogP contribution < -0.4 is 11.1 Å². The number of halogens is 7. The number of rotatable bonds is 4. The summed E-state index contributed by atoms with van der Waals surface area (Å²) in [7, 11) is 0. The highest BCUT2D eigenvalue weighted by Gasteiger charge is 2.32. The molecule has 4 nitrogen and oxygen atoms in total. The van der Waals surface area contributed by atoms with E-state index >= 15 is 0 Å². The van der Waals surface area contributed by atoms with Crippen molar-refractivity contribution >= 4 is 33.5 Å². The van der Waals surface area contributed by atoms with Gasteiger partial charge in [-0.05, 0) is 46.3 Å². The van der Waals surface area contributed by atoms with E-state index in [0.29, 0.717) is 10.6 Å². The maximum Gasteiger partial charge on any atom is 0.430 e. The van der Waals surface area contributed by atoms with Crippen molar-refractivity contribution in [2.45, 2.75) is 24.9 Å². The summed E-state index contributed by atoms with van der Waals surface area (Å²) in [5.74, 6) is 0. The lowest BCUT2D eigenvalue weighted by Gasteiger charge is -2.17. The summed E-state index contributed by atoms with van der Waals surface area (Å²) in [5, 5.41) is 2.84. The van der Waals surface area contributed by atoms with Gasteiger partial charge in [-0.15, -0.1) is 0 Å². The molecule has 0 saturated carbocycles. The van der Waals surface area contributed by atoms with Crippen LogP contribution >= 0.6 is 15.9 Å². The standard InChI is InChI=1S/C16H13BrF6N4/c17-10-7-25-14(26-8-10)6-12(5-13(24)16(21,22)23)27-11-3-1-9(2-4-11)15(18,19)20/h1-5,7-8,14,25H,6,24H2/b13-5-,27-12?. The van der Waals surface area contributed by atoms with Crippen LogP contribution in [-0.2, 0) is 6.18 Å². The second-order valence-electron chi connectivity index (χ2n) is 5.44. The second kappa shape index (κ2) is 8.15. The van der Waals surface area contributed by atoms with Crippen molar-refractivity contribution in [1.29, 1.82) is 0 Å². The molecule has 1 atom stereocenters. The van der Waals surface area contributed by atoms with E-state index < -0.39 is 29.8 Å². The Balaban J connectivity index is 2.31. The molecule has 0 amide bonds. The highest BCUT2D eigenvalue weighted by molar-refractivity contribution is 9.12. The average molecular weight is 455 g/mol. The van der Waals surface area contributed by atoms with E-state index in [-0.39, 0.29) is 17.8 Å². The van der Waals surface area contributed by atoms with E-state index in [1.807, 2.05) is 0 Å². The Labute approximate surface area is 158 Å². The van der Waals surface area contributed by atoms with Crippen molar-refractivity contribution in [3.05, 3.63) is 52.3 Å². The summed E-state index contributed by atoms with van der Waals surface area (Å²) in [6.07, 6.45) is -6.28. The summed E-state index contributed by atoms with van der Waals surface area (Å²) in [6.45, 7) is 0. The Morgan fingerprint density at radius 3 is 2.30 bits per heavy atom. The van der Waals surface area contributed by atoms with Gasteiger partial charge >= 0.3 is 12.4 Å². The Morgan fingerprint density at radius 2 is 1.81 bits per heavy atom. The fourth-order valence-corrected chi connectivity index (χ4v) is 2.27. The van der Waals surface area contributed by atoms with Gasteiger partial charge in [0.15, 0.2) is 0 Å². The van der Waals surface area contributed by atoms with Crippen LogP contribution in [-0.4, -0.2) is 24.3 Å². The first-order valence-corrected chi connectivity index (χ1v) is 8.18. The van der Waals surface area contributed by atoms with E-state index in [2.05, 4.69) is 31.2 Å². The number of nitrogens with two attached hydrogens (primary N) is 1. The molecule has 1 aromatic rings. The van der Waals surface area contributed by atoms with Crippen molar-refractivity contribution in [3.63, 3.8) is 0 Å². The van der Waals surface area contributed by atoms with Gasteiger partial charge in [-0.25, -0.2) is 0 Å². The van der Waals surface area contributed by atoms with Gasteiger partial charge in [0.05, 0.1) is 15.7 Å². The summed E-state index contributed by atoms with van der Waals surface area (Å²) in [4.78, 5) is 8.07. The SMILES string of the molecule is N/C(=C\C(CC1N=CC(Br)=CN1)=Nc1ccc(C(F)(F)F)cc1)C(F)(F)F. The number of alkyl halides is 6. The lowest BCUT2D eigenvalue weighted by molar-refractivity contribution is -0.137. The molecule has 0 spiro atoms. The van der Waals surface area contributed by atoms with Crippen LogP contribution in [0, 0.1) is 0 Å². The van der Waals surface area contributed by atoms with Gasteiger partial charge < -0.3 is 11.1 Å². The molecular formula is C16H13BrF6N4. The van der Waals surface area contributed by atoms with Crippen LogP contribution in [0.4, 0.5) is 32.0 Å². The van der Waals surface area contributed by atoms with Gasteiger partial charge in [0, 0.05) is 24.5 Å². The minimum atomic E-state index is -4.76. The van der Waals surface area contributed by atoms with Crippen molar-refractivity contribution in [3.8, 4) is 0 Å². The molecular weight excluding hydrogens is 442 g/mol. The van der Waals surface area contributed by atoms with Gasteiger partial charge in [-0.3, -0.25) is 9.98 Å². The van der Waals surface area contributed by atoms with E-state index in [4.69, 9.17) is 5.73 Å². The van der Waals surface area contributed by atoms with E-state index in [0.717, 1.165) is 24.3 Å². The molecule has 3 N–H and O–H groups in total. The molecule has 1 heterocycles. The second-order valence-corrected chi connectivity index (χ2v) is 6.35. The molecule has 1 unspecified atom stereocenters. The molecule has 1 aromatic carbocycles.